The highest BCUT2D eigenvalue weighted by molar-refractivity contribution is 9.10. The van der Waals surface area contributed by atoms with Crippen molar-refractivity contribution in [3.63, 3.8) is 0 Å². The highest BCUT2D eigenvalue weighted by Gasteiger charge is 1.98. The van der Waals surface area contributed by atoms with Crippen LogP contribution in [0.25, 0.3) is 6.08 Å². The Kier molecular flexibility index (Phi) is 5.30. The topological polar surface area (TPSA) is 52.9 Å². The van der Waals surface area contributed by atoms with Gasteiger partial charge < -0.3 is 5.32 Å². The van der Waals surface area contributed by atoms with Crippen LogP contribution in [0.2, 0.25) is 0 Å². The van der Waals surface area contributed by atoms with Crippen molar-refractivity contribution in [1.82, 2.24) is 0 Å². The molecule has 0 aromatic heterocycles. The standard InChI is InChI=1S/C17H13BrN2O/c18-15-6-1-13(2-7-15)5-10-17(21)20-16-8-3-14(4-9-16)11-12-19/h1-10H,11H2,(H,20,21)/b10-5+. The minimum Gasteiger partial charge on any atom is -0.323 e. The van der Waals surface area contributed by atoms with Gasteiger partial charge in [-0.25, -0.2) is 0 Å². The quantitative estimate of drug-likeness (QED) is 0.849. The lowest BCUT2D eigenvalue weighted by atomic mass is 10.1. The molecule has 0 unspecified atom stereocenters. The first-order valence-corrected chi connectivity index (χ1v) is 7.17. The molecule has 21 heavy (non-hydrogen) atoms. The summed E-state index contributed by atoms with van der Waals surface area (Å²) in [4.78, 5) is 11.8. The van der Waals surface area contributed by atoms with E-state index in [1.165, 1.54) is 6.08 Å². The number of anilines is 1. The summed E-state index contributed by atoms with van der Waals surface area (Å²) in [6, 6.07) is 17.0. The number of nitriles is 1. The Labute approximate surface area is 132 Å². The van der Waals surface area contributed by atoms with E-state index < -0.39 is 0 Å². The first-order chi connectivity index (χ1) is 10.2. The summed E-state index contributed by atoms with van der Waals surface area (Å²) in [5, 5.41) is 11.4. The molecule has 0 aliphatic rings. The monoisotopic (exact) mass is 340 g/mol. The molecule has 0 saturated carbocycles. The summed E-state index contributed by atoms with van der Waals surface area (Å²) in [6.07, 6.45) is 3.62. The zero-order valence-electron chi connectivity index (χ0n) is 11.2. The number of nitrogens with one attached hydrogen (secondary N) is 1. The van der Waals surface area contributed by atoms with Gasteiger partial charge in [-0.3, -0.25) is 4.79 Å². The summed E-state index contributed by atoms with van der Waals surface area (Å²) >= 11 is 3.36. The number of nitrogens with zero attached hydrogens (tertiary/aromatic N) is 1. The predicted molar refractivity (Wildman–Crippen MR) is 87.6 cm³/mol. The number of benzene rings is 2. The number of hydrogen-bond acceptors (Lipinski definition) is 2. The molecule has 4 heteroatoms. The van der Waals surface area contributed by atoms with Crippen molar-refractivity contribution in [2.45, 2.75) is 6.42 Å². The van der Waals surface area contributed by atoms with Crippen LogP contribution in [0.4, 0.5) is 5.69 Å². The molecular formula is C17H13BrN2O. The minimum atomic E-state index is -0.189. The van der Waals surface area contributed by atoms with Crippen LogP contribution in [-0.4, -0.2) is 5.91 Å². The second-order valence-corrected chi connectivity index (χ2v) is 5.32. The molecule has 0 saturated heterocycles. The van der Waals surface area contributed by atoms with E-state index in [4.69, 9.17) is 5.26 Å². The van der Waals surface area contributed by atoms with Gasteiger partial charge in [0.1, 0.15) is 0 Å². The van der Waals surface area contributed by atoms with E-state index in [9.17, 15) is 4.79 Å². The summed E-state index contributed by atoms with van der Waals surface area (Å²) in [5.74, 6) is -0.189. The zero-order chi connectivity index (χ0) is 15.1. The van der Waals surface area contributed by atoms with Crippen molar-refractivity contribution < 1.29 is 4.79 Å². The van der Waals surface area contributed by atoms with Gasteiger partial charge in [-0.2, -0.15) is 5.26 Å². The van der Waals surface area contributed by atoms with Gasteiger partial charge in [0.15, 0.2) is 0 Å². The second-order valence-electron chi connectivity index (χ2n) is 4.41. The van der Waals surface area contributed by atoms with Crippen LogP contribution in [0.1, 0.15) is 11.1 Å². The Bertz CT molecular complexity index is 682. The number of amides is 1. The summed E-state index contributed by atoms with van der Waals surface area (Å²) in [6.45, 7) is 0. The van der Waals surface area contributed by atoms with Crippen molar-refractivity contribution >= 4 is 33.6 Å². The van der Waals surface area contributed by atoms with Gasteiger partial charge in [0, 0.05) is 16.2 Å². The van der Waals surface area contributed by atoms with Crippen LogP contribution in [0.5, 0.6) is 0 Å². The molecular weight excluding hydrogens is 328 g/mol. The number of carbonyl (C=O) groups excluding carboxylic acids is 1. The lowest BCUT2D eigenvalue weighted by Crippen LogP contribution is -2.07. The Morgan fingerprint density at radius 2 is 1.81 bits per heavy atom. The van der Waals surface area contributed by atoms with E-state index in [1.807, 2.05) is 36.4 Å². The molecule has 0 fully saturated rings. The molecule has 0 heterocycles. The predicted octanol–water partition coefficient (Wildman–Crippen LogP) is 4.17. The van der Waals surface area contributed by atoms with Crippen LogP contribution in [0.15, 0.2) is 59.1 Å². The van der Waals surface area contributed by atoms with Crippen LogP contribution in [0.3, 0.4) is 0 Å². The Hall–Kier alpha value is -2.38. The van der Waals surface area contributed by atoms with Crippen LogP contribution >= 0.6 is 15.9 Å². The van der Waals surface area contributed by atoms with Gasteiger partial charge in [0.2, 0.25) is 5.91 Å². The average molecular weight is 341 g/mol. The number of halogens is 1. The molecule has 0 aliphatic heterocycles. The van der Waals surface area contributed by atoms with E-state index in [-0.39, 0.29) is 5.91 Å². The van der Waals surface area contributed by atoms with Gasteiger partial charge in [0.25, 0.3) is 0 Å². The molecule has 0 spiro atoms. The van der Waals surface area contributed by atoms with E-state index in [0.717, 1.165) is 15.6 Å². The third-order valence-corrected chi connectivity index (χ3v) is 3.33. The van der Waals surface area contributed by atoms with Crippen LogP contribution in [-0.2, 0) is 11.2 Å². The van der Waals surface area contributed by atoms with E-state index in [2.05, 4.69) is 27.3 Å². The summed E-state index contributed by atoms with van der Waals surface area (Å²) < 4.78 is 1.00. The SMILES string of the molecule is N#CCc1ccc(NC(=O)/C=C/c2ccc(Br)cc2)cc1. The van der Waals surface area contributed by atoms with Crippen molar-refractivity contribution in [3.8, 4) is 6.07 Å². The smallest absolute Gasteiger partial charge is 0.248 e. The largest absolute Gasteiger partial charge is 0.323 e. The summed E-state index contributed by atoms with van der Waals surface area (Å²) in [5.41, 5.74) is 2.60. The zero-order valence-corrected chi connectivity index (χ0v) is 12.8. The molecule has 2 aromatic rings. The third kappa shape index (κ3) is 4.90. The van der Waals surface area contributed by atoms with Crippen molar-refractivity contribution in [1.29, 1.82) is 5.26 Å². The maximum Gasteiger partial charge on any atom is 0.248 e. The normalized spacial score (nSPS) is 10.3. The van der Waals surface area contributed by atoms with Gasteiger partial charge in [-0.05, 0) is 41.5 Å². The van der Waals surface area contributed by atoms with E-state index in [0.29, 0.717) is 12.1 Å². The molecule has 1 N–H and O–H groups in total. The molecule has 2 rings (SSSR count). The van der Waals surface area contributed by atoms with E-state index >= 15 is 0 Å². The second kappa shape index (κ2) is 7.41. The minimum absolute atomic E-state index is 0.189. The lowest BCUT2D eigenvalue weighted by molar-refractivity contribution is -0.111. The highest BCUT2D eigenvalue weighted by Crippen LogP contribution is 2.12. The molecule has 2 aromatic carbocycles. The molecule has 1 amide bonds. The number of carbonyl (C=O) groups is 1. The molecule has 0 atom stereocenters. The maximum atomic E-state index is 11.8. The average Bonchev–Trinajstić information content (AvgIpc) is 2.49. The summed E-state index contributed by atoms with van der Waals surface area (Å²) in [7, 11) is 0. The number of rotatable bonds is 4. The van der Waals surface area contributed by atoms with Crippen molar-refractivity contribution in [3.05, 3.63) is 70.2 Å². The first-order valence-electron chi connectivity index (χ1n) is 6.38. The molecule has 0 bridgehead atoms. The molecule has 0 radical (unpaired) electrons. The first kappa shape index (κ1) is 15.0. The fourth-order valence-corrected chi connectivity index (χ4v) is 1.99. The van der Waals surface area contributed by atoms with Crippen molar-refractivity contribution in [2.24, 2.45) is 0 Å². The Morgan fingerprint density at radius 1 is 1.14 bits per heavy atom. The lowest BCUT2D eigenvalue weighted by Gasteiger charge is -2.02. The Balaban J connectivity index is 1.95. The maximum absolute atomic E-state index is 11.8. The van der Waals surface area contributed by atoms with Crippen molar-refractivity contribution in [2.75, 3.05) is 5.32 Å². The Morgan fingerprint density at radius 3 is 2.43 bits per heavy atom. The van der Waals surface area contributed by atoms with Gasteiger partial charge in [0.05, 0.1) is 12.5 Å². The fraction of sp³-hybridized carbons (Fsp3) is 0.0588. The third-order valence-electron chi connectivity index (χ3n) is 2.80. The fourth-order valence-electron chi connectivity index (χ4n) is 1.73. The van der Waals surface area contributed by atoms with Gasteiger partial charge in [-0.1, -0.05) is 40.2 Å². The van der Waals surface area contributed by atoms with Crippen LogP contribution < -0.4 is 5.32 Å². The van der Waals surface area contributed by atoms with Gasteiger partial charge in [-0.15, -0.1) is 0 Å². The van der Waals surface area contributed by atoms with Gasteiger partial charge >= 0.3 is 0 Å². The van der Waals surface area contributed by atoms with E-state index in [1.54, 1.807) is 18.2 Å². The molecule has 3 nitrogen and oxygen atoms in total. The number of hydrogen-bond donors (Lipinski definition) is 1. The highest BCUT2D eigenvalue weighted by atomic mass is 79.9. The molecule has 0 aliphatic carbocycles. The van der Waals surface area contributed by atoms with Crippen LogP contribution in [0, 0.1) is 11.3 Å². The molecule has 104 valence electrons.